The maximum absolute atomic E-state index is 13.0. The first-order valence-electron chi connectivity index (χ1n) is 17.7. The fourth-order valence-electron chi connectivity index (χ4n) is 9.28. The van der Waals surface area contributed by atoms with Crippen molar-refractivity contribution in [2.75, 3.05) is 13.6 Å². The third-order valence-corrected chi connectivity index (χ3v) is 11.7. The Kier molecular flexibility index (Phi) is 9.43. The normalized spacial score (nSPS) is 31.9. The van der Waals surface area contributed by atoms with E-state index in [9.17, 15) is 9.90 Å². The van der Waals surface area contributed by atoms with Crippen molar-refractivity contribution in [3.8, 4) is 0 Å². The van der Waals surface area contributed by atoms with E-state index in [0.717, 1.165) is 65.8 Å². The molecule has 47 heavy (non-hydrogen) atoms. The van der Waals surface area contributed by atoms with Crippen molar-refractivity contribution in [2.45, 2.75) is 95.6 Å². The molecule has 2 amide bonds. The summed E-state index contributed by atoms with van der Waals surface area (Å²) in [5, 5.41) is 16.1. The van der Waals surface area contributed by atoms with Crippen LogP contribution in [-0.2, 0) is 22.6 Å². The molecular formula is C40H51N3O4. The number of aliphatic hydroxyl groups is 1. The third kappa shape index (κ3) is 7.14. The minimum Gasteiger partial charge on any atom is -0.392 e. The van der Waals surface area contributed by atoms with Gasteiger partial charge in [0, 0.05) is 36.2 Å². The van der Waals surface area contributed by atoms with Crippen molar-refractivity contribution in [1.82, 2.24) is 15.5 Å². The van der Waals surface area contributed by atoms with E-state index < -0.39 is 6.29 Å². The van der Waals surface area contributed by atoms with Gasteiger partial charge in [0.25, 0.3) is 0 Å². The molecule has 1 saturated heterocycles. The zero-order chi connectivity index (χ0) is 32.5. The van der Waals surface area contributed by atoms with Crippen LogP contribution in [0.15, 0.2) is 78.9 Å². The van der Waals surface area contributed by atoms with Gasteiger partial charge in [-0.25, -0.2) is 4.79 Å². The Balaban J connectivity index is 1.02. The van der Waals surface area contributed by atoms with Gasteiger partial charge < -0.3 is 25.2 Å². The minimum absolute atomic E-state index is 0.00788. The number of rotatable bonds is 10. The number of carbonyl (C=O) groups excluding carboxylic acids is 1. The molecule has 0 aromatic heterocycles. The number of benzene rings is 3. The number of aliphatic hydroxyl groups excluding tert-OH is 1. The molecule has 3 aromatic rings. The number of hydrogen-bond acceptors (Lipinski definition) is 5. The Labute approximate surface area is 280 Å². The summed E-state index contributed by atoms with van der Waals surface area (Å²) in [6, 6.07) is 27.1. The zero-order valence-corrected chi connectivity index (χ0v) is 28.1. The van der Waals surface area contributed by atoms with Crippen LogP contribution in [-0.4, -0.2) is 41.3 Å². The van der Waals surface area contributed by atoms with Gasteiger partial charge >= 0.3 is 6.03 Å². The number of nitrogens with one attached hydrogen (secondary N) is 2. The molecule has 5 atom stereocenters. The smallest absolute Gasteiger partial charge is 0.315 e. The molecule has 0 radical (unpaired) electrons. The quantitative estimate of drug-likeness (QED) is 0.215. The average molecular weight is 638 g/mol. The topological polar surface area (TPSA) is 83.1 Å². The molecule has 1 heterocycles. The summed E-state index contributed by atoms with van der Waals surface area (Å²) < 4.78 is 13.4. The lowest BCUT2D eigenvalue weighted by atomic mass is 9.53. The molecule has 0 spiro atoms. The summed E-state index contributed by atoms with van der Waals surface area (Å²) in [5.41, 5.74) is 5.25. The maximum Gasteiger partial charge on any atom is 0.315 e. The molecule has 4 aliphatic carbocycles. The first-order chi connectivity index (χ1) is 22.8. The van der Waals surface area contributed by atoms with Gasteiger partial charge in [0.05, 0.1) is 18.8 Å². The molecule has 8 rings (SSSR count). The number of likely N-dealkylation sites (N-methyl/N-ethyl adjacent to an activating group) is 1. The van der Waals surface area contributed by atoms with E-state index in [1.807, 2.05) is 12.1 Å². The highest BCUT2D eigenvalue weighted by molar-refractivity contribution is 5.75. The van der Waals surface area contributed by atoms with Crippen LogP contribution >= 0.6 is 0 Å². The molecule has 1 aliphatic heterocycles. The predicted octanol–water partition coefficient (Wildman–Crippen LogP) is 7.43. The third-order valence-electron chi connectivity index (χ3n) is 11.7. The lowest BCUT2D eigenvalue weighted by Gasteiger charge is -2.56. The van der Waals surface area contributed by atoms with Crippen LogP contribution in [0.5, 0.6) is 0 Å². The molecular weight excluding hydrogens is 586 g/mol. The summed E-state index contributed by atoms with van der Waals surface area (Å²) in [6.45, 7) is 5.69. The second kappa shape index (κ2) is 13.7. The van der Waals surface area contributed by atoms with Gasteiger partial charge in [0.1, 0.15) is 0 Å². The van der Waals surface area contributed by atoms with Crippen molar-refractivity contribution in [1.29, 1.82) is 0 Å². The minimum atomic E-state index is -0.527. The van der Waals surface area contributed by atoms with Gasteiger partial charge in [-0.1, -0.05) is 85.8 Å². The largest absolute Gasteiger partial charge is 0.392 e. The van der Waals surface area contributed by atoms with Gasteiger partial charge in [0.15, 0.2) is 6.29 Å². The van der Waals surface area contributed by atoms with Crippen LogP contribution in [0.25, 0.3) is 0 Å². The van der Waals surface area contributed by atoms with E-state index in [1.54, 1.807) is 0 Å². The van der Waals surface area contributed by atoms with Gasteiger partial charge in [0.2, 0.25) is 0 Å². The maximum atomic E-state index is 13.0. The number of amides is 2. The summed E-state index contributed by atoms with van der Waals surface area (Å²) >= 11 is 0. The molecule has 4 saturated carbocycles. The molecule has 4 bridgehead atoms. The Bertz CT molecular complexity index is 1460. The van der Waals surface area contributed by atoms with Gasteiger partial charge in [-0.3, -0.25) is 4.90 Å². The van der Waals surface area contributed by atoms with E-state index in [-0.39, 0.29) is 42.3 Å². The Morgan fingerprint density at radius 1 is 0.872 bits per heavy atom. The zero-order valence-electron chi connectivity index (χ0n) is 28.1. The standard InChI is InChI=1S/C40H51N3O4/c1-26-36(24-43(3)27(2)33-7-5-4-6-8-33)46-38(47-37(26)34-13-11-29(25-44)12-14-34)35-15-9-28(10-16-35)23-41-39(45)42-40-20-30-17-31(21-40)19-32(18-30)22-40/h4-16,26-27,30-32,36-38,44H,17-25H2,1-3H3,(H2,41,42,45)/t26-,27-,30?,31?,32?,36+,37+,38+,40?/m0/s1. The van der Waals surface area contributed by atoms with Crippen molar-refractivity contribution < 1.29 is 19.4 Å². The van der Waals surface area contributed by atoms with E-state index in [2.05, 4.69) is 103 Å². The highest BCUT2D eigenvalue weighted by Gasteiger charge is 2.51. The second-order valence-electron chi connectivity index (χ2n) is 15.1. The lowest BCUT2D eigenvalue weighted by Crippen LogP contribution is -2.61. The van der Waals surface area contributed by atoms with E-state index in [4.69, 9.17) is 9.47 Å². The fourth-order valence-corrected chi connectivity index (χ4v) is 9.28. The SMILES string of the molecule is C[C@H]1[C@@H](CN(C)[C@@H](C)c2ccccc2)O[C@@H](c2ccc(CNC(=O)NC34CC5CC(CC(C5)C3)C4)cc2)O[C@H]1c1ccc(CO)cc1. The van der Waals surface area contributed by atoms with Gasteiger partial charge in [-0.15, -0.1) is 0 Å². The Hall–Kier alpha value is -3.23. The van der Waals surface area contributed by atoms with Crippen LogP contribution in [0.1, 0.15) is 98.6 Å². The number of hydrogen-bond donors (Lipinski definition) is 3. The van der Waals surface area contributed by atoms with Crippen molar-refractivity contribution in [3.05, 3.63) is 107 Å². The van der Waals surface area contributed by atoms with Gasteiger partial charge in [-0.05, 0) is 92.5 Å². The number of carbonyl (C=O) groups is 1. The van der Waals surface area contributed by atoms with Crippen molar-refractivity contribution in [2.24, 2.45) is 23.7 Å². The van der Waals surface area contributed by atoms with Crippen LogP contribution in [0.3, 0.4) is 0 Å². The Morgan fingerprint density at radius 2 is 1.47 bits per heavy atom. The first kappa shape index (κ1) is 32.3. The number of urea groups is 1. The highest BCUT2D eigenvalue weighted by Crippen LogP contribution is 2.55. The monoisotopic (exact) mass is 637 g/mol. The van der Waals surface area contributed by atoms with Crippen LogP contribution < -0.4 is 10.6 Å². The van der Waals surface area contributed by atoms with Crippen molar-refractivity contribution >= 4 is 6.03 Å². The molecule has 0 unspecified atom stereocenters. The van der Waals surface area contributed by atoms with E-state index in [0.29, 0.717) is 6.54 Å². The van der Waals surface area contributed by atoms with Crippen molar-refractivity contribution in [3.63, 3.8) is 0 Å². The number of nitrogens with zero attached hydrogens (tertiary/aromatic N) is 1. The van der Waals surface area contributed by atoms with Crippen LogP contribution in [0.4, 0.5) is 4.79 Å². The summed E-state index contributed by atoms with van der Waals surface area (Å²) in [5.74, 6) is 2.50. The van der Waals surface area contributed by atoms with Crippen LogP contribution in [0, 0.1) is 23.7 Å². The molecule has 5 fully saturated rings. The Morgan fingerprint density at radius 3 is 2.09 bits per heavy atom. The highest BCUT2D eigenvalue weighted by atomic mass is 16.7. The molecule has 250 valence electrons. The molecule has 7 nitrogen and oxygen atoms in total. The molecule has 3 aromatic carbocycles. The fraction of sp³-hybridized carbons (Fsp3) is 0.525. The van der Waals surface area contributed by atoms with Gasteiger partial charge in [-0.2, -0.15) is 0 Å². The summed E-state index contributed by atoms with van der Waals surface area (Å²) in [7, 11) is 2.16. The van der Waals surface area contributed by atoms with Crippen LogP contribution in [0.2, 0.25) is 0 Å². The molecule has 3 N–H and O–H groups in total. The molecule has 7 heteroatoms. The average Bonchev–Trinajstić information content (AvgIpc) is 3.08. The summed E-state index contributed by atoms with van der Waals surface area (Å²) in [4.78, 5) is 15.4. The summed E-state index contributed by atoms with van der Waals surface area (Å²) in [6.07, 6.45) is 6.78. The second-order valence-corrected chi connectivity index (χ2v) is 15.1. The first-order valence-corrected chi connectivity index (χ1v) is 17.7. The number of ether oxygens (including phenoxy) is 2. The molecule has 5 aliphatic rings. The lowest BCUT2D eigenvalue weighted by molar-refractivity contribution is -0.276. The van der Waals surface area contributed by atoms with E-state index in [1.165, 1.54) is 24.8 Å². The van der Waals surface area contributed by atoms with E-state index >= 15 is 0 Å². The predicted molar refractivity (Wildman–Crippen MR) is 183 cm³/mol.